The second-order valence-corrected chi connectivity index (χ2v) is 4.60. The molecule has 0 radical (unpaired) electrons. The van der Waals surface area contributed by atoms with Crippen LogP contribution in [0.2, 0.25) is 0 Å². The fourth-order valence-corrected chi connectivity index (χ4v) is 2.55. The summed E-state index contributed by atoms with van der Waals surface area (Å²) in [6.07, 6.45) is 5.72. The highest BCUT2D eigenvalue weighted by Gasteiger charge is 2.24. The predicted octanol–water partition coefficient (Wildman–Crippen LogP) is 1.35. The minimum absolute atomic E-state index is 0.118. The van der Waals surface area contributed by atoms with Crippen molar-refractivity contribution in [3.8, 4) is 0 Å². The van der Waals surface area contributed by atoms with Gasteiger partial charge in [-0.15, -0.1) is 0 Å². The zero-order valence-electron chi connectivity index (χ0n) is 8.06. The molecule has 1 heterocycles. The smallest absolute Gasteiger partial charge is 0.317 e. The van der Waals surface area contributed by atoms with Crippen LogP contribution in [0.15, 0.2) is 4.42 Å². The summed E-state index contributed by atoms with van der Waals surface area (Å²) in [4.78, 5) is 0. The summed E-state index contributed by atoms with van der Waals surface area (Å²) in [7, 11) is 0. The van der Waals surface area contributed by atoms with Crippen molar-refractivity contribution < 1.29 is 4.42 Å². The first-order chi connectivity index (χ1) is 6.78. The molecule has 1 saturated carbocycles. The summed E-state index contributed by atoms with van der Waals surface area (Å²) in [5.74, 6) is 0. The van der Waals surface area contributed by atoms with Gasteiger partial charge in [0.1, 0.15) is 0 Å². The van der Waals surface area contributed by atoms with E-state index >= 15 is 0 Å². The van der Waals surface area contributed by atoms with Crippen molar-refractivity contribution in [2.24, 2.45) is 0 Å². The van der Waals surface area contributed by atoms with Crippen molar-refractivity contribution in [1.29, 1.82) is 0 Å². The number of rotatable bonds is 3. The lowest BCUT2D eigenvalue weighted by Gasteiger charge is -2.09. The van der Waals surface area contributed by atoms with E-state index in [0.29, 0.717) is 12.1 Å². The maximum atomic E-state index is 5.32. The lowest BCUT2D eigenvalue weighted by atomic mass is 10.3. The molecule has 0 aromatic carbocycles. The van der Waals surface area contributed by atoms with Crippen LogP contribution in [0.25, 0.3) is 0 Å². The second kappa shape index (κ2) is 4.08. The summed E-state index contributed by atoms with van der Waals surface area (Å²) < 4.78 is 5.05. The summed E-state index contributed by atoms with van der Waals surface area (Å²) >= 11 is 1.92. The van der Waals surface area contributed by atoms with E-state index in [-0.39, 0.29) is 6.01 Å². The Kier molecular flexibility index (Phi) is 2.81. The average Bonchev–Trinajstić information content (AvgIpc) is 2.76. The van der Waals surface area contributed by atoms with Gasteiger partial charge in [-0.25, -0.2) is 0 Å². The van der Waals surface area contributed by atoms with Crippen LogP contribution >= 0.6 is 11.8 Å². The first-order valence-electron chi connectivity index (χ1n) is 4.66. The topological polar surface area (TPSA) is 77.0 Å². The standard InChI is InChI=1S/C8H14N4OS/c1-14-6-3-2-5(4-6)10-8-12-11-7(9)13-8/h5-6H,2-4H2,1H3,(H2,9,11)(H,10,12). The maximum Gasteiger partial charge on any atom is 0.317 e. The minimum atomic E-state index is 0.118. The molecule has 0 amide bonds. The van der Waals surface area contributed by atoms with Crippen LogP contribution in [0.1, 0.15) is 19.3 Å². The average molecular weight is 214 g/mol. The molecule has 1 aliphatic carbocycles. The van der Waals surface area contributed by atoms with Gasteiger partial charge >= 0.3 is 12.0 Å². The van der Waals surface area contributed by atoms with E-state index in [0.717, 1.165) is 18.1 Å². The van der Waals surface area contributed by atoms with E-state index in [1.807, 2.05) is 11.8 Å². The Bertz CT molecular complexity index is 303. The Labute approximate surface area is 86.8 Å². The number of aromatic nitrogens is 2. The summed E-state index contributed by atoms with van der Waals surface area (Å²) in [5.41, 5.74) is 5.32. The highest BCUT2D eigenvalue weighted by molar-refractivity contribution is 7.99. The molecule has 6 heteroatoms. The van der Waals surface area contributed by atoms with E-state index < -0.39 is 0 Å². The lowest BCUT2D eigenvalue weighted by molar-refractivity contribution is 0.571. The van der Waals surface area contributed by atoms with Crippen molar-refractivity contribution in [1.82, 2.24) is 10.2 Å². The van der Waals surface area contributed by atoms with Gasteiger partial charge in [-0.05, 0) is 25.5 Å². The highest BCUT2D eigenvalue weighted by atomic mass is 32.2. The Morgan fingerprint density at radius 1 is 1.50 bits per heavy atom. The normalized spacial score (nSPS) is 26.6. The molecular formula is C8H14N4OS. The van der Waals surface area contributed by atoms with Crippen molar-refractivity contribution in [2.45, 2.75) is 30.6 Å². The van der Waals surface area contributed by atoms with Crippen molar-refractivity contribution in [2.75, 3.05) is 17.3 Å². The first kappa shape index (κ1) is 9.64. The molecule has 0 saturated heterocycles. The maximum absolute atomic E-state index is 5.32. The van der Waals surface area contributed by atoms with Crippen LogP contribution in [0, 0.1) is 0 Å². The van der Waals surface area contributed by atoms with Crippen LogP contribution in [-0.2, 0) is 0 Å². The second-order valence-electron chi connectivity index (χ2n) is 3.46. The first-order valence-corrected chi connectivity index (χ1v) is 5.95. The van der Waals surface area contributed by atoms with E-state index in [1.54, 1.807) is 0 Å². The summed E-state index contributed by atoms with van der Waals surface area (Å²) in [6.45, 7) is 0. The van der Waals surface area contributed by atoms with Crippen LogP contribution in [0.5, 0.6) is 0 Å². The third-order valence-electron chi connectivity index (χ3n) is 2.49. The van der Waals surface area contributed by atoms with Crippen molar-refractivity contribution in [3.63, 3.8) is 0 Å². The Morgan fingerprint density at radius 3 is 2.93 bits per heavy atom. The van der Waals surface area contributed by atoms with Gasteiger partial charge in [0.25, 0.3) is 0 Å². The zero-order valence-corrected chi connectivity index (χ0v) is 8.88. The van der Waals surface area contributed by atoms with Gasteiger partial charge in [0, 0.05) is 11.3 Å². The molecule has 1 aliphatic rings. The quantitative estimate of drug-likeness (QED) is 0.791. The molecule has 2 atom stereocenters. The lowest BCUT2D eigenvalue weighted by Crippen LogP contribution is -2.16. The molecule has 78 valence electrons. The molecule has 14 heavy (non-hydrogen) atoms. The number of anilines is 2. The number of nitrogen functional groups attached to an aromatic ring is 1. The third-order valence-corrected chi connectivity index (χ3v) is 3.58. The summed E-state index contributed by atoms with van der Waals surface area (Å²) in [5, 5.41) is 11.3. The van der Waals surface area contributed by atoms with Crippen molar-refractivity contribution >= 4 is 23.8 Å². The molecule has 5 nitrogen and oxygen atoms in total. The van der Waals surface area contributed by atoms with E-state index in [1.165, 1.54) is 6.42 Å². The minimum Gasteiger partial charge on any atom is -0.390 e. The molecule has 0 aliphatic heterocycles. The van der Waals surface area contributed by atoms with Crippen LogP contribution in [0.4, 0.5) is 12.0 Å². The molecule has 1 aromatic rings. The number of nitrogens with zero attached hydrogens (tertiary/aromatic N) is 2. The molecule has 1 aromatic heterocycles. The Morgan fingerprint density at radius 2 is 2.36 bits per heavy atom. The van der Waals surface area contributed by atoms with Crippen molar-refractivity contribution in [3.05, 3.63) is 0 Å². The molecule has 2 rings (SSSR count). The number of thioether (sulfide) groups is 1. The highest BCUT2D eigenvalue weighted by Crippen LogP contribution is 2.29. The zero-order chi connectivity index (χ0) is 9.97. The fraction of sp³-hybridized carbons (Fsp3) is 0.750. The van der Waals surface area contributed by atoms with Gasteiger partial charge in [-0.1, -0.05) is 10.2 Å². The molecular weight excluding hydrogens is 200 g/mol. The van der Waals surface area contributed by atoms with Gasteiger partial charge in [0.2, 0.25) is 0 Å². The van der Waals surface area contributed by atoms with E-state index in [4.69, 9.17) is 10.2 Å². The van der Waals surface area contributed by atoms with Crippen LogP contribution < -0.4 is 11.1 Å². The van der Waals surface area contributed by atoms with Gasteiger partial charge in [0.15, 0.2) is 0 Å². The molecule has 2 unspecified atom stereocenters. The third kappa shape index (κ3) is 2.12. The largest absolute Gasteiger partial charge is 0.390 e. The molecule has 3 N–H and O–H groups in total. The monoisotopic (exact) mass is 214 g/mol. The molecule has 0 spiro atoms. The molecule has 0 bridgehead atoms. The van der Waals surface area contributed by atoms with Gasteiger partial charge in [0.05, 0.1) is 0 Å². The van der Waals surface area contributed by atoms with Gasteiger partial charge < -0.3 is 15.5 Å². The summed E-state index contributed by atoms with van der Waals surface area (Å²) in [6, 6.07) is 1.01. The molecule has 1 fully saturated rings. The number of nitrogens with two attached hydrogens (primary N) is 1. The van der Waals surface area contributed by atoms with Gasteiger partial charge in [-0.3, -0.25) is 0 Å². The van der Waals surface area contributed by atoms with Gasteiger partial charge in [-0.2, -0.15) is 11.8 Å². The SMILES string of the molecule is CSC1CCC(Nc2nnc(N)o2)C1. The Balaban J connectivity index is 1.87. The number of hydrogen-bond donors (Lipinski definition) is 2. The Hall–Kier alpha value is -0.910. The van der Waals surface area contributed by atoms with Crippen LogP contribution in [0.3, 0.4) is 0 Å². The predicted molar refractivity (Wildman–Crippen MR) is 57.3 cm³/mol. The number of hydrogen-bond acceptors (Lipinski definition) is 6. The van der Waals surface area contributed by atoms with E-state index in [2.05, 4.69) is 21.8 Å². The van der Waals surface area contributed by atoms with Crippen LogP contribution in [-0.4, -0.2) is 27.7 Å². The fourth-order valence-electron chi connectivity index (χ4n) is 1.75. The van der Waals surface area contributed by atoms with E-state index in [9.17, 15) is 0 Å². The number of nitrogens with one attached hydrogen (secondary N) is 1.